The SMILES string of the molecule is COCCNC(=O)c1cc2n(n1)CC(NC(=O)c1ccc(C)s1)C2. The third-order valence-electron chi connectivity index (χ3n) is 3.84. The number of fused-ring (bicyclic) bond motifs is 1. The van der Waals surface area contributed by atoms with Crippen LogP contribution in [0.15, 0.2) is 18.2 Å². The third-order valence-corrected chi connectivity index (χ3v) is 4.84. The summed E-state index contributed by atoms with van der Waals surface area (Å²) in [7, 11) is 1.59. The first-order valence-corrected chi connectivity index (χ1v) is 8.59. The quantitative estimate of drug-likeness (QED) is 0.762. The number of amides is 2. The molecule has 1 atom stereocenters. The lowest BCUT2D eigenvalue weighted by Gasteiger charge is -2.10. The molecule has 1 aliphatic rings. The fourth-order valence-corrected chi connectivity index (χ4v) is 3.45. The fourth-order valence-electron chi connectivity index (χ4n) is 2.68. The van der Waals surface area contributed by atoms with Gasteiger partial charge in [-0.2, -0.15) is 5.10 Å². The largest absolute Gasteiger partial charge is 0.383 e. The molecule has 128 valence electrons. The Kier molecular flexibility index (Phi) is 4.96. The fraction of sp³-hybridized carbons (Fsp3) is 0.438. The molecule has 2 N–H and O–H groups in total. The lowest BCUT2D eigenvalue weighted by atomic mass is 10.2. The number of carbonyl (C=O) groups is 2. The van der Waals surface area contributed by atoms with Gasteiger partial charge in [-0.1, -0.05) is 0 Å². The first-order chi connectivity index (χ1) is 11.6. The Morgan fingerprint density at radius 1 is 1.42 bits per heavy atom. The highest BCUT2D eigenvalue weighted by Crippen LogP contribution is 2.19. The van der Waals surface area contributed by atoms with Gasteiger partial charge < -0.3 is 15.4 Å². The van der Waals surface area contributed by atoms with Gasteiger partial charge in [-0.15, -0.1) is 11.3 Å². The van der Waals surface area contributed by atoms with Crippen LogP contribution in [0.4, 0.5) is 0 Å². The highest BCUT2D eigenvalue weighted by atomic mass is 32.1. The van der Waals surface area contributed by atoms with Crippen LogP contribution in [0.2, 0.25) is 0 Å². The molecule has 0 radical (unpaired) electrons. The predicted octanol–water partition coefficient (Wildman–Crippen LogP) is 0.984. The molecule has 0 saturated carbocycles. The Hall–Kier alpha value is -2.19. The van der Waals surface area contributed by atoms with Crippen LogP contribution in [0.1, 0.15) is 30.7 Å². The van der Waals surface area contributed by atoms with E-state index in [2.05, 4.69) is 15.7 Å². The summed E-state index contributed by atoms with van der Waals surface area (Å²) < 4.78 is 6.69. The van der Waals surface area contributed by atoms with Gasteiger partial charge in [0.05, 0.1) is 24.1 Å². The Labute approximate surface area is 144 Å². The number of aromatic nitrogens is 2. The van der Waals surface area contributed by atoms with E-state index in [-0.39, 0.29) is 17.9 Å². The van der Waals surface area contributed by atoms with E-state index in [1.807, 2.05) is 19.1 Å². The van der Waals surface area contributed by atoms with Crippen molar-refractivity contribution in [3.05, 3.63) is 39.3 Å². The van der Waals surface area contributed by atoms with Crippen molar-refractivity contribution < 1.29 is 14.3 Å². The standard InChI is InChI=1S/C16H20N4O3S/c1-10-3-4-14(24-10)16(22)18-11-7-12-8-13(19-20(12)9-11)15(21)17-5-6-23-2/h3-4,8,11H,5-7,9H2,1-2H3,(H,17,21)(H,18,22). The molecule has 1 unspecified atom stereocenters. The molecule has 0 saturated heterocycles. The summed E-state index contributed by atoms with van der Waals surface area (Å²) in [5.74, 6) is -0.259. The van der Waals surface area contributed by atoms with Crippen molar-refractivity contribution in [2.45, 2.75) is 25.9 Å². The van der Waals surface area contributed by atoms with Crippen LogP contribution in [0, 0.1) is 6.92 Å². The molecule has 2 aromatic heterocycles. The summed E-state index contributed by atoms with van der Waals surface area (Å²) in [5.41, 5.74) is 1.36. The molecule has 2 aromatic rings. The molecule has 2 amide bonds. The Morgan fingerprint density at radius 2 is 2.25 bits per heavy atom. The van der Waals surface area contributed by atoms with Crippen LogP contribution in [0.25, 0.3) is 0 Å². The maximum absolute atomic E-state index is 12.2. The number of rotatable bonds is 6. The minimum absolute atomic E-state index is 0.00742. The van der Waals surface area contributed by atoms with Gasteiger partial charge in [-0.3, -0.25) is 14.3 Å². The summed E-state index contributed by atoms with van der Waals surface area (Å²) in [6.45, 7) is 3.48. The second-order valence-corrected chi connectivity index (χ2v) is 7.02. The topological polar surface area (TPSA) is 85.2 Å². The highest BCUT2D eigenvalue weighted by molar-refractivity contribution is 7.13. The molecule has 24 heavy (non-hydrogen) atoms. The monoisotopic (exact) mass is 348 g/mol. The minimum Gasteiger partial charge on any atom is -0.383 e. The van der Waals surface area contributed by atoms with E-state index in [4.69, 9.17) is 4.74 Å². The molecule has 1 aliphatic heterocycles. The molecular weight excluding hydrogens is 328 g/mol. The van der Waals surface area contributed by atoms with Crippen LogP contribution in [-0.4, -0.2) is 47.9 Å². The van der Waals surface area contributed by atoms with E-state index >= 15 is 0 Å². The van der Waals surface area contributed by atoms with Crippen LogP contribution in [0.5, 0.6) is 0 Å². The predicted molar refractivity (Wildman–Crippen MR) is 90.5 cm³/mol. The van der Waals surface area contributed by atoms with E-state index in [1.165, 1.54) is 11.3 Å². The zero-order valence-corrected chi connectivity index (χ0v) is 14.5. The van der Waals surface area contributed by atoms with E-state index in [0.717, 1.165) is 15.4 Å². The van der Waals surface area contributed by atoms with Crippen LogP contribution in [0.3, 0.4) is 0 Å². The van der Waals surface area contributed by atoms with Crippen LogP contribution in [-0.2, 0) is 17.7 Å². The van der Waals surface area contributed by atoms with Crippen molar-refractivity contribution in [3.8, 4) is 0 Å². The molecule has 7 nitrogen and oxygen atoms in total. The van der Waals surface area contributed by atoms with E-state index in [9.17, 15) is 9.59 Å². The molecule has 0 fully saturated rings. The average Bonchev–Trinajstić information content (AvgIpc) is 3.21. The number of nitrogens with zero attached hydrogens (tertiary/aromatic N) is 2. The van der Waals surface area contributed by atoms with Gasteiger partial charge in [0.15, 0.2) is 0 Å². The van der Waals surface area contributed by atoms with E-state index in [1.54, 1.807) is 17.9 Å². The number of hydrogen-bond donors (Lipinski definition) is 2. The van der Waals surface area contributed by atoms with Gasteiger partial charge in [0, 0.05) is 30.6 Å². The minimum atomic E-state index is -0.205. The number of nitrogens with one attached hydrogen (secondary N) is 2. The summed E-state index contributed by atoms with van der Waals surface area (Å²) in [6, 6.07) is 5.57. The number of ether oxygens (including phenoxy) is 1. The molecular formula is C16H20N4O3S. The second-order valence-electron chi connectivity index (χ2n) is 5.74. The van der Waals surface area contributed by atoms with Gasteiger partial charge in [-0.25, -0.2) is 0 Å². The maximum Gasteiger partial charge on any atom is 0.271 e. The Morgan fingerprint density at radius 3 is 2.92 bits per heavy atom. The second kappa shape index (κ2) is 7.14. The van der Waals surface area contributed by atoms with Crippen molar-refractivity contribution in [3.63, 3.8) is 0 Å². The molecule has 8 heteroatoms. The van der Waals surface area contributed by atoms with Gasteiger partial charge in [0.2, 0.25) is 0 Å². The third kappa shape index (κ3) is 3.65. The van der Waals surface area contributed by atoms with Crippen molar-refractivity contribution in [1.29, 1.82) is 0 Å². The summed E-state index contributed by atoms with van der Waals surface area (Å²) in [6.07, 6.45) is 0.675. The molecule has 3 heterocycles. The Bertz CT molecular complexity index is 729. The lowest BCUT2D eigenvalue weighted by molar-refractivity contribution is 0.0922. The highest BCUT2D eigenvalue weighted by Gasteiger charge is 2.26. The average molecular weight is 348 g/mol. The van der Waals surface area contributed by atoms with Gasteiger partial charge in [-0.05, 0) is 25.1 Å². The number of methoxy groups -OCH3 is 1. The van der Waals surface area contributed by atoms with Crippen molar-refractivity contribution in [2.24, 2.45) is 0 Å². The molecule has 0 aromatic carbocycles. The maximum atomic E-state index is 12.2. The van der Waals surface area contributed by atoms with Crippen LogP contribution >= 0.6 is 11.3 Å². The molecule has 0 spiro atoms. The Balaban J connectivity index is 1.55. The lowest BCUT2D eigenvalue weighted by Crippen LogP contribution is -2.35. The zero-order chi connectivity index (χ0) is 17.1. The molecule has 0 bridgehead atoms. The normalized spacial score (nSPS) is 16.0. The van der Waals surface area contributed by atoms with Gasteiger partial charge >= 0.3 is 0 Å². The van der Waals surface area contributed by atoms with Crippen molar-refractivity contribution in [2.75, 3.05) is 20.3 Å². The number of hydrogen-bond acceptors (Lipinski definition) is 5. The van der Waals surface area contributed by atoms with E-state index < -0.39 is 0 Å². The first kappa shape index (κ1) is 16.7. The summed E-state index contributed by atoms with van der Waals surface area (Å²) in [4.78, 5) is 26.0. The van der Waals surface area contributed by atoms with E-state index in [0.29, 0.717) is 31.8 Å². The van der Waals surface area contributed by atoms with Crippen molar-refractivity contribution in [1.82, 2.24) is 20.4 Å². The van der Waals surface area contributed by atoms with Crippen molar-refractivity contribution >= 4 is 23.2 Å². The van der Waals surface area contributed by atoms with Crippen LogP contribution < -0.4 is 10.6 Å². The number of carbonyl (C=O) groups excluding carboxylic acids is 2. The number of thiophene rings is 1. The summed E-state index contributed by atoms with van der Waals surface area (Å²) in [5, 5.41) is 10.1. The number of aryl methyl sites for hydroxylation is 1. The smallest absolute Gasteiger partial charge is 0.271 e. The molecule has 3 rings (SSSR count). The molecule has 0 aliphatic carbocycles. The first-order valence-electron chi connectivity index (χ1n) is 7.78. The van der Waals surface area contributed by atoms with Gasteiger partial charge in [0.1, 0.15) is 5.69 Å². The zero-order valence-electron chi connectivity index (χ0n) is 13.7. The van der Waals surface area contributed by atoms with Gasteiger partial charge in [0.25, 0.3) is 11.8 Å². The summed E-state index contributed by atoms with van der Waals surface area (Å²) >= 11 is 1.48.